The second-order valence-electron chi connectivity index (χ2n) is 5.74. The molecule has 1 saturated heterocycles. The molecule has 1 N–H and O–H groups in total. The molecule has 0 radical (unpaired) electrons. The predicted molar refractivity (Wildman–Crippen MR) is 105 cm³/mol. The number of imide groups is 1. The average molecular weight is 404 g/mol. The van der Waals surface area contributed by atoms with Crippen molar-refractivity contribution in [3.8, 4) is 0 Å². The highest BCUT2D eigenvalue weighted by Gasteiger charge is 2.34. The fourth-order valence-corrected chi connectivity index (χ4v) is 4.37. The summed E-state index contributed by atoms with van der Waals surface area (Å²) in [7, 11) is 0. The summed E-state index contributed by atoms with van der Waals surface area (Å²) >= 11 is 2.13. The Morgan fingerprint density at radius 2 is 2.04 bits per heavy atom. The van der Waals surface area contributed by atoms with Gasteiger partial charge in [-0.05, 0) is 47.3 Å². The lowest BCUT2D eigenvalue weighted by molar-refractivity contribution is -0.122. The largest absolute Gasteiger partial charge is 0.350 e. The van der Waals surface area contributed by atoms with Crippen LogP contribution in [0.15, 0.2) is 40.6 Å². The van der Waals surface area contributed by atoms with Crippen LogP contribution in [-0.2, 0) is 11.2 Å². The van der Waals surface area contributed by atoms with Crippen molar-refractivity contribution in [2.24, 2.45) is 0 Å². The molecule has 3 amide bonds. The van der Waals surface area contributed by atoms with Gasteiger partial charge >= 0.3 is 0 Å². The third kappa shape index (κ3) is 4.28. The zero-order valence-electron chi connectivity index (χ0n) is 14.5. The van der Waals surface area contributed by atoms with Gasteiger partial charge in [-0.2, -0.15) is 0 Å². The van der Waals surface area contributed by atoms with E-state index in [0.29, 0.717) is 4.88 Å². The zero-order valence-corrected chi connectivity index (χ0v) is 16.2. The Morgan fingerprint density at radius 3 is 2.78 bits per heavy atom. The lowest BCUT2D eigenvalue weighted by atomic mass is 10.2. The Kier molecular flexibility index (Phi) is 6.08. The van der Waals surface area contributed by atoms with Crippen molar-refractivity contribution < 1.29 is 18.8 Å². The highest BCUT2D eigenvalue weighted by molar-refractivity contribution is 8.18. The second-order valence-corrected chi connectivity index (χ2v) is 7.65. The number of nitrogens with zero attached hydrogens (tertiary/aromatic N) is 1. The first kappa shape index (κ1) is 19.3. The first-order valence-corrected chi connectivity index (χ1v) is 10.0. The molecule has 1 aromatic heterocycles. The minimum atomic E-state index is -0.479. The van der Waals surface area contributed by atoms with Crippen LogP contribution in [0.2, 0.25) is 0 Å². The van der Waals surface area contributed by atoms with E-state index in [2.05, 4.69) is 5.32 Å². The number of thioether (sulfide) groups is 1. The molecular weight excluding hydrogens is 387 g/mol. The number of thiophene rings is 1. The Labute approximate surface area is 164 Å². The quantitative estimate of drug-likeness (QED) is 0.741. The maximum Gasteiger partial charge on any atom is 0.293 e. The molecule has 27 heavy (non-hydrogen) atoms. The van der Waals surface area contributed by atoms with Crippen LogP contribution in [-0.4, -0.2) is 35.0 Å². The maximum absolute atomic E-state index is 13.7. The molecule has 2 aromatic rings. The van der Waals surface area contributed by atoms with Gasteiger partial charge in [0.05, 0.1) is 9.78 Å². The van der Waals surface area contributed by atoms with Crippen LogP contribution >= 0.6 is 23.1 Å². The van der Waals surface area contributed by atoms with Gasteiger partial charge in [-0.25, -0.2) is 4.39 Å². The normalized spacial score (nSPS) is 15.6. The van der Waals surface area contributed by atoms with Gasteiger partial charge in [-0.1, -0.05) is 25.1 Å². The minimum absolute atomic E-state index is 0.0673. The predicted octanol–water partition coefficient (Wildman–Crippen LogP) is 3.92. The molecule has 1 aliphatic rings. The summed E-state index contributed by atoms with van der Waals surface area (Å²) in [6, 6.07) is 7.95. The molecule has 5 nitrogen and oxygen atoms in total. The SMILES string of the molecule is CCc1ccsc1C(=O)NCCN1C(=O)S/C(=C\c2ccccc2F)C1=O. The second kappa shape index (κ2) is 8.49. The number of carbonyl (C=O) groups is 3. The van der Waals surface area contributed by atoms with Crippen molar-refractivity contribution in [1.82, 2.24) is 10.2 Å². The Balaban J connectivity index is 1.61. The molecular formula is C19H17FN2O3S2. The molecule has 0 bridgehead atoms. The summed E-state index contributed by atoms with van der Waals surface area (Å²) in [5, 5.41) is 4.17. The number of rotatable bonds is 6. The number of hydrogen-bond acceptors (Lipinski definition) is 5. The highest BCUT2D eigenvalue weighted by Crippen LogP contribution is 2.32. The number of benzene rings is 1. The van der Waals surface area contributed by atoms with Crippen LogP contribution in [0.25, 0.3) is 6.08 Å². The first-order valence-electron chi connectivity index (χ1n) is 8.35. The Morgan fingerprint density at radius 1 is 1.26 bits per heavy atom. The molecule has 1 aliphatic heterocycles. The fourth-order valence-electron chi connectivity index (χ4n) is 2.60. The smallest absolute Gasteiger partial charge is 0.293 e. The average Bonchev–Trinajstić information content (AvgIpc) is 3.23. The Hall–Kier alpha value is -2.45. The fraction of sp³-hybridized carbons (Fsp3) is 0.211. The van der Waals surface area contributed by atoms with Gasteiger partial charge in [0.2, 0.25) is 0 Å². The van der Waals surface area contributed by atoms with E-state index in [1.165, 1.54) is 29.5 Å². The van der Waals surface area contributed by atoms with E-state index in [0.717, 1.165) is 28.6 Å². The van der Waals surface area contributed by atoms with Crippen LogP contribution in [0.1, 0.15) is 27.7 Å². The van der Waals surface area contributed by atoms with Gasteiger partial charge in [0.1, 0.15) is 5.82 Å². The molecule has 0 unspecified atom stereocenters. The lowest BCUT2D eigenvalue weighted by Crippen LogP contribution is -2.37. The highest BCUT2D eigenvalue weighted by atomic mass is 32.2. The van der Waals surface area contributed by atoms with E-state index >= 15 is 0 Å². The van der Waals surface area contributed by atoms with Gasteiger partial charge in [0.15, 0.2) is 0 Å². The maximum atomic E-state index is 13.7. The van der Waals surface area contributed by atoms with E-state index in [1.807, 2.05) is 18.4 Å². The van der Waals surface area contributed by atoms with Gasteiger partial charge in [-0.3, -0.25) is 19.3 Å². The summed E-state index contributed by atoms with van der Waals surface area (Å²) in [5.74, 6) is -1.15. The van der Waals surface area contributed by atoms with Crippen molar-refractivity contribution in [3.05, 3.63) is 62.4 Å². The standard InChI is InChI=1S/C19H17FN2O3S2/c1-2-12-7-10-26-16(12)17(23)21-8-9-22-18(24)15(27-19(22)25)11-13-5-3-4-6-14(13)20/h3-7,10-11H,2,8-9H2,1H3,(H,21,23)/b15-11-. The van der Waals surface area contributed by atoms with Gasteiger partial charge in [-0.15, -0.1) is 11.3 Å². The molecule has 2 heterocycles. The van der Waals surface area contributed by atoms with Gasteiger partial charge in [0, 0.05) is 18.7 Å². The zero-order chi connectivity index (χ0) is 19.4. The summed E-state index contributed by atoms with van der Waals surface area (Å²) < 4.78 is 13.7. The molecule has 1 aromatic carbocycles. The van der Waals surface area contributed by atoms with Crippen LogP contribution in [0.3, 0.4) is 0 Å². The van der Waals surface area contributed by atoms with E-state index in [4.69, 9.17) is 0 Å². The van der Waals surface area contributed by atoms with E-state index < -0.39 is 17.0 Å². The third-order valence-electron chi connectivity index (χ3n) is 4.02. The third-order valence-corrected chi connectivity index (χ3v) is 5.88. The van der Waals surface area contributed by atoms with E-state index in [9.17, 15) is 18.8 Å². The van der Waals surface area contributed by atoms with E-state index in [1.54, 1.807) is 12.1 Å². The molecule has 0 spiro atoms. The van der Waals surface area contributed by atoms with Gasteiger partial charge in [0.25, 0.3) is 17.1 Å². The number of nitrogens with one attached hydrogen (secondary N) is 1. The van der Waals surface area contributed by atoms with Crippen molar-refractivity contribution in [3.63, 3.8) is 0 Å². The molecule has 0 aliphatic carbocycles. The first-order chi connectivity index (χ1) is 13.0. The van der Waals surface area contributed by atoms with Crippen LogP contribution in [0.5, 0.6) is 0 Å². The summed E-state index contributed by atoms with van der Waals surface area (Å²) in [5.41, 5.74) is 1.22. The van der Waals surface area contributed by atoms with Crippen molar-refractivity contribution >= 4 is 46.2 Å². The van der Waals surface area contributed by atoms with Crippen LogP contribution in [0, 0.1) is 5.82 Å². The molecule has 140 valence electrons. The topological polar surface area (TPSA) is 66.5 Å². The molecule has 0 atom stereocenters. The van der Waals surface area contributed by atoms with Crippen molar-refractivity contribution in [2.45, 2.75) is 13.3 Å². The van der Waals surface area contributed by atoms with Crippen LogP contribution in [0.4, 0.5) is 9.18 Å². The number of aryl methyl sites for hydroxylation is 1. The molecule has 0 saturated carbocycles. The van der Waals surface area contributed by atoms with Gasteiger partial charge < -0.3 is 5.32 Å². The lowest BCUT2D eigenvalue weighted by Gasteiger charge is -2.13. The van der Waals surface area contributed by atoms with Crippen LogP contribution < -0.4 is 5.32 Å². The van der Waals surface area contributed by atoms with Crippen molar-refractivity contribution in [2.75, 3.05) is 13.1 Å². The molecule has 8 heteroatoms. The number of halogens is 1. The Bertz CT molecular complexity index is 923. The molecule has 1 fully saturated rings. The number of hydrogen-bond donors (Lipinski definition) is 1. The van der Waals surface area contributed by atoms with Crippen molar-refractivity contribution in [1.29, 1.82) is 0 Å². The summed E-state index contributed by atoms with van der Waals surface area (Å²) in [6.45, 7) is 2.20. The number of carbonyl (C=O) groups excluding carboxylic acids is 3. The minimum Gasteiger partial charge on any atom is -0.350 e. The monoisotopic (exact) mass is 404 g/mol. The summed E-state index contributed by atoms with van der Waals surface area (Å²) in [6.07, 6.45) is 2.13. The van der Waals surface area contributed by atoms with E-state index in [-0.39, 0.29) is 29.5 Å². The number of amides is 3. The molecule has 3 rings (SSSR count). The summed E-state index contributed by atoms with van der Waals surface area (Å²) in [4.78, 5) is 38.6.